The maximum Gasteiger partial charge on any atom is 0.421 e. The highest BCUT2D eigenvalue weighted by atomic mass is 19.1. The van der Waals surface area contributed by atoms with Gasteiger partial charge in [-0.2, -0.15) is 0 Å². The van der Waals surface area contributed by atoms with Crippen LogP contribution in [-0.2, 0) is 31.0 Å². The van der Waals surface area contributed by atoms with Crippen LogP contribution in [0.4, 0.5) is 14.9 Å². The van der Waals surface area contributed by atoms with Crippen LogP contribution >= 0.6 is 0 Å². The number of ether oxygens (including phenoxy) is 1. The number of imide groups is 1. The van der Waals surface area contributed by atoms with Gasteiger partial charge in [0.25, 0.3) is 5.91 Å². The second kappa shape index (κ2) is 7.92. The van der Waals surface area contributed by atoms with E-state index in [0.717, 1.165) is 23.1 Å². The van der Waals surface area contributed by atoms with Crippen molar-refractivity contribution in [2.75, 3.05) is 4.90 Å². The number of ketones is 2. The van der Waals surface area contributed by atoms with E-state index in [-0.39, 0.29) is 17.7 Å². The summed E-state index contributed by atoms with van der Waals surface area (Å²) in [4.78, 5) is 53.3. The van der Waals surface area contributed by atoms with Gasteiger partial charge in [-0.15, -0.1) is 0 Å². The van der Waals surface area contributed by atoms with Crippen LogP contribution in [0.5, 0.6) is 0 Å². The van der Waals surface area contributed by atoms with E-state index in [1.165, 1.54) is 18.2 Å². The Morgan fingerprint density at radius 1 is 1.03 bits per heavy atom. The number of hydrogen-bond acceptors (Lipinski definition) is 5. The van der Waals surface area contributed by atoms with Crippen LogP contribution in [0.25, 0.3) is 0 Å². The first-order valence-corrected chi connectivity index (χ1v) is 10.4. The first kappa shape index (κ1) is 22.3. The van der Waals surface area contributed by atoms with E-state index in [4.69, 9.17) is 4.74 Å². The van der Waals surface area contributed by atoms with Gasteiger partial charge in [-0.05, 0) is 74.7 Å². The molecule has 1 unspecified atom stereocenters. The molecule has 0 radical (unpaired) electrons. The summed E-state index contributed by atoms with van der Waals surface area (Å²) in [7, 11) is 0. The number of fused-ring (bicyclic) bond motifs is 1. The van der Waals surface area contributed by atoms with Gasteiger partial charge in [-0.25, -0.2) is 14.1 Å². The molecule has 2 aliphatic rings. The average Bonchev–Trinajstić information content (AvgIpc) is 2.97. The summed E-state index contributed by atoms with van der Waals surface area (Å²) in [6.07, 6.45) is 2.33. The van der Waals surface area contributed by atoms with Gasteiger partial charge in [0.15, 0.2) is 11.6 Å². The molecule has 1 heterocycles. The summed E-state index contributed by atoms with van der Waals surface area (Å²) < 4.78 is 19.5. The third kappa shape index (κ3) is 3.91. The molecule has 0 bridgehead atoms. The number of carbonyl (C=O) groups excluding carboxylic acids is 4. The molecule has 4 rings (SSSR count). The predicted molar refractivity (Wildman–Crippen MR) is 119 cm³/mol. The van der Waals surface area contributed by atoms with Crippen molar-refractivity contribution in [2.24, 2.45) is 0 Å². The van der Waals surface area contributed by atoms with Gasteiger partial charge in [0.1, 0.15) is 16.8 Å². The summed E-state index contributed by atoms with van der Waals surface area (Å²) in [6, 6.07) is 12.2. The zero-order valence-corrected chi connectivity index (χ0v) is 18.4. The smallest absolute Gasteiger partial charge is 0.421 e. The number of amides is 2. The van der Waals surface area contributed by atoms with Crippen molar-refractivity contribution in [1.29, 1.82) is 0 Å². The molecule has 6 nitrogen and oxygen atoms in total. The van der Waals surface area contributed by atoms with Crippen molar-refractivity contribution < 1.29 is 28.3 Å². The minimum atomic E-state index is -1.71. The van der Waals surface area contributed by atoms with E-state index in [0.29, 0.717) is 11.1 Å². The van der Waals surface area contributed by atoms with Crippen molar-refractivity contribution in [3.63, 3.8) is 0 Å². The lowest BCUT2D eigenvalue weighted by atomic mass is 9.68. The number of hydrogen-bond donors (Lipinski definition) is 0. The van der Waals surface area contributed by atoms with Gasteiger partial charge in [0.05, 0.1) is 5.69 Å². The van der Waals surface area contributed by atoms with Gasteiger partial charge >= 0.3 is 6.09 Å². The van der Waals surface area contributed by atoms with Crippen LogP contribution in [0.3, 0.4) is 0 Å². The van der Waals surface area contributed by atoms with Gasteiger partial charge in [-0.3, -0.25) is 14.4 Å². The van der Waals surface area contributed by atoms with Crippen molar-refractivity contribution >= 4 is 29.3 Å². The highest BCUT2D eigenvalue weighted by Crippen LogP contribution is 2.49. The van der Waals surface area contributed by atoms with Gasteiger partial charge in [0, 0.05) is 5.57 Å². The molecule has 1 aliphatic carbocycles. The Kier molecular flexibility index (Phi) is 5.36. The molecule has 168 valence electrons. The molecule has 2 amide bonds. The molecule has 2 aromatic carbocycles. The van der Waals surface area contributed by atoms with E-state index >= 15 is 0 Å². The van der Waals surface area contributed by atoms with Gasteiger partial charge < -0.3 is 4.74 Å². The van der Waals surface area contributed by atoms with Crippen LogP contribution in [0, 0.1) is 5.82 Å². The van der Waals surface area contributed by atoms with Crippen molar-refractivity contribution in [1.82, 2.24) is 0 Å². The van der Waals surface area contributed by atoms with E-state index < -0.39 is 40.4 Å². The van der Waals surface area contributed by atoms with Crippen LogP contribution < -0.4 is 4.90 Å². The lowest BCUT2D eigenvalue weighted by Gasteiger charge is -2.31. The molecule has 1 atom stereocenters. The van der Waals surface area contributed by atoms with Crippen LogP contribution in [-0.4, -0.2) is 29.2 Å². The quantitative estimate of drug-likeness (QED) is 0.658. The Morgan fingerprint density at radius 3 is 2.45 bits per heavy atom. The maximum absolute atomic E-state index is 14.1. The fraction of sp³-hybridized carbons (Fsp3) is 0.231. The third-order valence-corrected chi connectivity index (χ3v) is 5.52. The van der Waals surface area contributed by atoms with Crippen LogP contribution in [0.2, 0.25) is 0 Å². The second-order valence-electron chi connectivity index (χ2n) is 9.01. The first-order valence-electron chi connectivity index (χ1n) is 10.4. The van der Waals surface area contributed by atoms with Gasteiger partial charge in [0.2, 0.25) is 0 Å². The minimum absolute atomic E-state index is 0.0669. The number of nitrogens with zero attached hydrogens (tertiary/aromatic N) is 1. The molecule has 0 aromatic heterocycles. The first-order chi connectivity index (χ1) is 15.5. The SMILES string of the molecule is CC(C)(C)OC(=O)N1C(=O)C(Cc2cccc(F)c2)(C2=CC(=O)C=CC2=O)c2ccccc21. The molecule has 33 heavy (non-hydrogen) atoms. The largest absolute Gasteiger partial charge is 0.443 e. The highest BCUT2D eigenvalue weighted by Gasteiger charge is 2.57. The van der Waals surface area contributed by atoms with E-state index in [1.807, 2.05) is 0 Å². The molecule has 0 fully saturated rings. The van der Waals surface area contributed by atoms with Crippen molar-refractivity contribution in [3.8, 4) is 0 Å². The Labute approximate surface area is 190 Å². The third-order valence-electron chi connectivity index (χ3n) is 5.52. The Balaban J connectivity index is 1.96. The van der Waals surface area contributed by atoms with E-state index in [9.17, 15) is 23.6 Å². The summed E-state index contributed by atoms with van der Waals surface area (Å²) >= 11 is 0. The normalized spacial score (nSPS) is 20.1. The fourth-order valence-electron chi connectivity index (χ4n) is 4.26. The molecule has 0 N–H and O–H groups in total. The molecule has 0 saturated heterocycles. The summed E-state index contributed by atoms with van der Waals surface area (Å²) in [5, 5.41) is 0. The molecule has 0 spiro atoms. The maximum atomic E-state index is 14.1. The van der Waals surface area contributed by atoms with Crippen LogP contribution in [0.1, 0.15) is 31.9 Å². The highest BCUT2D eigenvalue weighted by molar-refractivity contribution is 6.29. The number of halogens is 1. The fourth-order valence-corrected chi connectivity index (χ4v) is 4.26. The number of allylic oxidation sites excluding steroid dienone is 3. The standard InChI is InChI=1S/C26H22FNO5/c1-25(2,3)33-24(32)28-21-10-5-4-9-19(21)26(23(28)31,15-16-7-6-8-17(27)13-16)20-14-18(29)11-12-22(20)30/h4-14H,15H2,1-3H3. The monoisotopic (exact) mass is 447 g/mol. The zero-order chi connectivity index (χ0) is 24.0. The Hall–Kier alpha value is -3.87. The molecule has 7 heteroatoms. The van der Waals surface area contributed by atoms with Crippen LogP contribution in [0.15, 0.2) is 72.3 Å². The summed E-state index contributed by atoms with van der Waals surface area (Å²) in [5.74, 6) is -2.22. The number of anilines is 1. The molecule has 1 aliphatic heterocycles. The number of para-hydroxylation sites is 1. The second-order valence-corrected chi connectivity index (χ2v) is 9.01. The average molecular weight is 447 g/mol. The molecule has 2 aromatic rings. The Bertz CT molecular complexity index is 1250. The number of rotatable bonds is 3. The predicted octanol–water partition coefficient (Wildman–Crippen LogP) is 4.22. The number of carbonyl (C=O) groups is 4. The van der Waals surface area contributed by atoms with E-state index in [2.05, 4.69) is 0 Å². The lowest BCUT2D eigenvalue weighted by molar-refractivity contribution is -0.124. The van der Waals surface area contributed by atoms with Crippen molar-refractivity contribution in [2.45, 2.75) is 38.2 Å². The molecule has 0 saturated carbocycles. The summed E-state index contributed by atoms with van der Waals surface area (Å²) in [5.41, 5.74) is -1.60. The zero-order valence-electron chi connectivity index (χ0n) is 18.4. The Morgan fingerprint density at radius 2 is 1.76 bits per heavy atom. The minimum Gasteiger partial charge on any atom is -0.443 e. The topological polar surface area (TPSA) is 80.8 Å². The number of benzene rings is 2. The summed E-state index contributed by atoms with van der Waals surface area (Å²) in [6.45, 7) is 5.02. The van der Waals surface area contributed by atoms with Gasteiger partial charge in [-0.1, -0.05) is 30.3 Å². The molecular weight excluding hydrogens is 425 g/mol. The lowest BCUT2D eigenvalue weighted by Crippen LogP contribution is -2.48. The molecular formula is C26H22FNO5. The van der Waals surface area contributed by atoms with Crippen molar-refractivity contribution in [3.05, 3.63) is 89.3 Å². The van der Waals surface area contributed by atoms with E-state index in [1.54, 1.807) is 51.1 Å².